The van der Waals surface area contributed by atoms with Gasteiger partial charge in [-0.25, -0.2) is 0 Å². The van der Waals surface area contributed by atoms with E-state index in [9.17, 15) is 13.6 Å². The highest BCUT2D eigenvalue weighted by Gasteiger charge is 2.14. The van der Waals surface area contributed by atoms with Gasteiger partial charge in [0.25, 0.3) is 0 Å². The minimum absolute atomic E-state index is 0.000752. The molecule has 0 saturated heterocycles. The lowest BCUT2D eigenvalue weighted by Crippen LogP contribution is -2.20. The second kappa shape index (κ2) is 6.97. The van der Waals surface area contributed by atoms with Crippen molar-refractivity contribution in [3.8, 4) is 11.8 Å². The molecule has 0 atom stereocenters. The number of benzene rings is 2. The van der Waals surface area contributed by atoms with E-state index in [1.54, 1.807) is 6.20 Å². The zero-order chi connectivity index (χ0) is 17.8. The Bertz CT molecular complexity index is 963. The summed E-state index contributed by atoms with van der Waals surface area (Å²) < 4.78 is 30.8. The van der Waals surface area contributed by atoms with E-state index < -0.39 is 12.5 Å². The molecule has 1 amide bonds. The van der Waals surface area contributed by atoms with E-state index >= 15 is 0 Å². The van der Waals surface area contributed by atoms with Crippen molar-refractivity contribution in [2.24, 2.45) is 0 Å². The summed E-state index contributed by atoms with van der Waals surface area (Å²) in [6, 6.07) is 13.1. The number of rotatable bonds is 5. The monoisotopic (exact) mass is 342 g/mol. The maximum absolute atomic E-state index is 12.5. The van der Waals surface area contributed by atoms with Gasteiger partial charge in [-0.05, 0) is 24.3 Å². The molecular weight excluding hydrogens is 330 g/mol. The molecule has 6 nitrogen and oxygen atoms in total. The third-order valence-electron chi connectivity index (χ3n) is 3.44. The Balaban J connectivity index is 1.81. The Kier molecular flexibility index (Phi) is 4.57. The van der Waals surface area contributed by atoms with Crippen molar-refractivity contribution in [3.63, 3.8) is 0 Å². The number of hydrogen-bond acceptors (Lipinski definition) is 4. The Morgan fingerprint density at radius 3 is 2.88 bits per heavy atom. The molecule has 0 radical (unpaired) electrons. The number of alkyl halides is 2. The second-order valence-corrected chi connectivity index (χ2v) is 5.11. The first kappa shape index (κ1) is 16.4. The summed E-state index contributed by atoms with van der Waals surface area (Å²) in [5.41, 5.74) is 0.981. The molecular formula is C17H12F2N4O2. The predicted octanol–water partition coefficient (Wildman–Crippen LogP) is 3.15. The number of nitrogens with zero attached hydrogens (tertiary/aromatic N) is 3. The minimum atomic E-state index is -3.04. The second-order valence-electron chi connectivity index (χ2n) is 5.11. The van der Waals surface area contributed by atoms with E-state index in [0.29, 0.717) is 0 Å². The molecule has 1 heterocycles. The van der Waals surface area contributed by atoms with Gasteiger partial charge in [0, 0.05) is 5.39 Å². The molecule has 126 valence electrons. The lowest BCUT2D eigenvalue weighted by atomic mass is 10.2. The number of carbonyl (C=O) groups is 1. The molecule has 1 N–H and O–H groups in total. The molecule has 0 unspecified atom stereocenters. The van der Waals surface area contributed by atoms with Crippen molar-refractivity contribution in [2.75, 3.05) is 5.32 Å². The first-order valence-electron chi connectivity index (χ1n) is 7.26. The van der Waals surface area contributed by atoms with Gasteiger partial charge < -0.3 is 10.1 Å². The molecule has 1 aromatic heterocycles. The molecule has 25 heavy (non-hydrogen) atoms. The van der Waals surface area contributed by atoms with Crippen LogP contribution in [0.25, 0.3) is 10.9 Å². The number of nitriles is 1. The number of carbonyl (C=O) groups excluding carboxylic acids is 1. The lowest BCUT2D eigenvalue weighted by Gasteiger charge is -2.12. The highest BCUT2D eigenvalue weighted by molar-refractivity contribution is 5.93. The van der Waals surface area contributed by atoms with Crippen molar-refractivity contribution in [3.05, 3.63) is 54.2 Å². The number of para-hydroxylation sites is 1. The number of fused-ring (bicyclic) bond motifs is 1. The van der Waals surface area contributed by atoms with Gasteiger partial charge in [-0.2, -0.15) is 19.1 Å². The third kappa shape index (κ3) is 3.72. The van der Waals surface area contributed by atoms with Crippen LogP contribution in [0.15, 0.2) is 48.7 Å². The summed E-state index contributed by atoms with van der Waals surface area (Å²) in [6.45, 7) is -3.16. The molecule has 3 aromatic rings. The van der Waals surface area contributed by atoms with Gasteiger partial charge in [0.1, 0.15) is 12.3 Å². The van der Waals surface area contributed by atoms with Crippen LogP contribution in [0.5, 0.6) is 5.75 Å². The van der Waals surface area contributed by atoms with Gasteiger partial charge in [0.2, 0.25) is 5.91 Å². The van der Waals surface area contributed by atoms with E-state index in [0.717, 1.165) is 10.9 Å². The van der Waals surface area contributed by atoms with E-state index in [-0.39, 0.29) is 23.5 Å². The molecule has 0 aliphatic heterocycles. The van der Waals surface area contributed by atoms with Crippen LogP contribution in [0, 0.1) is 11.3 Å². The van der Waals surface area contributed by atoms with Crippen LogP contribution < -0.4 is 10.1 Å². The number of aromatic nitrogens is 2. The van der Waals surface area contributed by atoms with Crippen LogP contribution in [-0.2, 0) is 11.3 Å². The molecule has 0 bridgehead atoms. The van der Waals surface area contributed by atoms with Crippen molar-refractivity contribution in [2.45, 2.75) is 13.2 Å². The fraction of sp³-hybridized carbons (Fsp3) is 0.118. The first-order valence-corrected chi connectivity index (χ1v) is 7.26. The van der Waals surface area contributed by atoms with E-state index in [2.05, 4.69) is 15.2 Å². The maximum atomic E-state index is 12.5. The summed E-state index contributed by atoms with van der Waals surface area (Å²) in [7, 11) is 0. The van der Waals surface area contributed by atoms with Gasteiger partial charge >= 0.3 is 6.61 Å². The van der Waals surface area contributed by atoms with Gasteiger partial charge in [-0.15, -0.1) is 0 Å². The number of amides is 1. The number of nitrogens with one attached hydrogen (secondary N) is 1. The van der Waals surface area contributed by atoms with Crippen molar-refractivity contribution >= 4 is 22.5 Å². The standard InChI is InChI=1S/C17H12F2N4O2/c18-17(19)25-15-6-5-11(8-20)7-13(15)22-16(24)10-23-14-4-2-1-3-12(14)9-21-23/h1-7,9,17H,10H2,(H,22,24). The van der Waals surface area contributed by atoms with Crippen LogP contribution in [0.1, 0.15) is 5.56 Å². The third-order valence-corrected chi connectivity index (χ3v) is 3.44. The largest absolute Gasteiger partial charge is 0.433 e. The summed E-state index contributed by atoms with van der Waals surface area (Å²) in [5, 5.41) is 16.4. The maximum Gasteiger partial charge on any atom is 0.387 e. The van der Waals surface area contributed by atoms with Crippen LogP contribution in [0.4, 0.5) is 14.5 Å². The summed E-state index contributed by atoms with van der Waals surface area (Å²) in [5.74, 6) is -0.698. The Morgan fingerprint density at radius 2 is 2.12 bits per heavy atom. The zero-order valence-electron chi connectivity index (χ0n) is 12.8. The average molecular weight is 342 g/mol. The zero-order valence-corrected chi connectivity index (χ0v) is 12.8. The minimum Gasteiger partial charge on any atom is -0.433 e. The van der Waals surface area contributed by atoms with E-state index in [4.69, 9.17) is 5.26 Å². The highest BCUT2D eigenvalue weighted by atomic mass is 19.3. The van der Waals surface area contributed by atoms with E-state index in [1.165, 1.54) is 22.9 Å². The van der Waals surface area contributed by atoms with Crippen molar-refractivity contribution < 1.29 is 18.3 Å². The fourth-order valence-corrected chi connectivity index (χ4v) is 2.37. The van der Waals surface area contributed by atoms with E-state index in [1.807, 2.05) is 30.3 Å². The Morgan fingerprint density at radius 1 is 1.32 bits per heavy atom. The predicted molar refractivity (Wildman–Crippen MR) is 86.2 cm³/mol. The summed E-state index contributed by atoms with van der Waals surface area (Å²) >= 11 is 0. The van der Waals surface area contributed by atoms with Crippen LogP contribution in [-0.4, -0.2) is 22.3 Å². The topological polar surface area (TPSA) is 79.9 Å². The number of anilines is 1. The smallest absolute Gasteiger partial charge is 0.387 e. The normalized spacial score (nSPS) is 10.6. The van der Waals surface area contributed by atoms with Gasteiger partial charge in [-0.3, -0.25) is 9.48 Å². The molecule has 0 saturated carbocycles. The molecule has 2 aromatic carbocycles. The van der Waals surface area contributed by atoms with Crippen LogP contribution in [0.2, 0.25) is 0 Å². The molecule has 8 heteroatoms. The van der Waals surface area contributed by atoms with Crippen molar-refractivity contribution in [1.82, 2.24) is 9.78 Å². The number of hydrogen-bond donors (Lipinski definition) is 1. The van der Waals surface area contributed by atoms with Gasteiger partial charge in [-0.1, -0.05) is 18.2 Å². The van der Waals surface area contributed by atoms with Crippen molar-refractivity contribution in [1.29, 1.82) is 5.26 Å². The first-order chi connectivity index (χ1) is 12.1. The summed E-state index contributed by atoms with van der Waals surface area (Å²) in [4.78, 5) is 12.3. The Hall–Kier alpha value is -3.47. The molecule has 0 fully saturated rings. The van der Waals surface area contributed by atoms with Gasteiger partial charge in [0.15, 0.2) is 0 Å². The summed E-state index contributed by atoms with van der Waals surface area (Å²) in [6.07, 6.45) is 1.63. The van der Waals surface area contributed by atoms with Crippen LogP contribution in [0.3, 0.4) is 0 Å². The molecule has 0 aliphatic carbocycles. The Labute approximate surface area is 141 Å². The van der Waals surface area contributed by atoms with Crippen LogP contribution >= 0.6 is 0 Å². The molecule has 3 rings (SSSR count). The molecule has 0 spiro atoms. The number of halogens is 2. The SMILES string of the molecule is N#Cc1ccc(OC(F)F)c(NC(=O)Cn2ncc3ccccc32)c1. The average Bonchev–Trinajstić information content (AvgIpc) is 2.99. The fourth-order valence-electron chi connectivity index (χ4n) is 2.37. The quantitative estimate of drug-likeness (QED) is 0.772. The molecule has 0 aliphatic rings. The van der Waals surface area contributed by atoms with Gasteiger partial charge in [0.05, 0.1) is 29.0 Å². The number of ether oxygens (including phenoxy) is 1. The lowest BCUT2D eigenvalue weighted by molar-refractivity contribution is -0.116. The highest BCUT2D eigenvalue weighted by Crippen LogP contribution is 2.27.